The minimum absolute atomic E-state index is 0.0305. The van der Waals surface area contributed by atoms with Crippen molar-refractivity contribution in [1.29, 1.82) is 0 Å². The molecule has 1 aromatic heterocycles. The van der Waals surface area contributed by atoms with Crippen LogP contribution < -0.4 is 5.32 Å². The fourth-order valence-electron chi connectivity index (χ4n) is 3.08. The number of amides is 1. The summed E-state index contributed by atoms with van der Waals surface area (Å²) in [6, 6.07) is 28.4. The van der Waals surface area contributed by atoms with Crippen molar-refractivity contribution < 1.29 is 4.79 Å². The summed E-state index contributed by atoms with van der Waals surface area (Å²) < 4.78 is 2.04. The molecular weight excluding hydrogens is 436 g/mol. The molecule has 0 unspecified atom stereocenters. The zero-order chi connectivity index (χ0) is 22.2. The summed E-state index contributed by atoms with van der Waals surface area (Å²) >= 11 is 3.12. The lowest BCUT2D eigenvalue weighted by Crippen LogP contribution is -2.24. The van der Waals surface area contributed by atoms with E-state index in [2.05, 4.69) is 46.7 Å². The third kappa shape index (κ3) is 6.02. The Balaban J connectivity index is 1.44. The zero-order valence-electron chi connectivity index (χ0n) is 17.8. The van der Waals surface area contributed by atoms with E-state index >= 15 is 0 Å². The van der Waals surface area contributed by atoms with Crippen LogP contribution in [0.3, 0.4) is 0 Å². The molecule has 0 saturated heterocycles. The number of hydrogen-bond acceptors (Lipinski definition) is 5. The van der Waals surface area contributed by atoms with Crippen LogP contribution in [0.2, 0.25) is 0 Å². The highest BCUT2D eigenvalue weighted by Gasteiger charge is 2.16. The minimum Gasteiger partial charge on any atom is -0.351 e. The van der Waals surface area contributed by atoms with Gasteiger partial charge in [0.15, 0.2) is 5.16 Å². The Kier molecular flexibility index (Phi) is 7.64. The number of nitrogens with one attached hydrogen (secondary N) is 1. The third-order valence-electron chi connectivity index (χ3n) is 4.77. The van der Waals surface area contributed by atoms with E-state index in [0.29, 0.717) is 17.5 Å². The van der Waals surface area contributed by atoms with Crippen LogP contribution in [0.15, 0.2) is 95.0 Å². The Hall–Kier alpha value is -3.03. The van der Waals surface area contributed by atoms with Crippen LogP contribution in [0, 0.1) is 6.92 Å². The summed E-state index contributed by atoms with van der Waals surface area (Å²) in [5.74, 6) is 1.79. The molecule has 1 amide bonds. The minimum atomic E-state index is -0.0305. The second-order valence-electron chi connectivity index (χ2n) is 7.22. The van der Waals surface area contributed by atoms with E-state index in [1.165, 1.54) is 22.2 Å². The van der Waals surface area contributed by atoms with Crippen molar-refractivity contribution in [3.63, 3.8) is 0 Å². The third-order valence-corrected chi connectivity index (χ3v) is 6.71. The number of hydrogen-bond donors (Lipinski definition) is 1. The van der Waals surface area contributed by atoms with Crippen molar-refractivity contribution in [1.82, 2.24) is 20.1 Å². The molecule has 0 aliphatic heterocycles. The molecule has 4 rings (SSSR count). The normalized spacial score (nSPS) is 10.8. The average Bonchev–Trinajstić information content (AvgIpc) is 3.25. The van der Waals surface area contributed by atoms with Gasteiger partial charge >= 0.3 is 0 Å². The van der Waals surface area contributed by atoms with Crippen molar-refractivity contribution >= 4 is 29.4 Å². The van der Waals surface area contributed by atoms with Gasteiger partial charge in [0.05, 0.1) is 11.5 Å². The maximum atomic E-state index is 12.4. The van der Waals surface area contributed by atoms with Crippen molar-refractivity contribution in [2.24, 2.45) is 0 Å². The van der Waals surface area contributed by atoms with Crippen LogP contribution in [-0.2, 0) is 17.1 Å². The van der Waals surface area contributed by atoms with Gasteiger partial charge in [0, 0.05) is 17.1 Å². The Bertz CT molecular complexity index is 1150. The Morgan fingerprint density at radius 1 is 0.875 bits per heavy atom. The molecule has 0 saturated carbocycles. The standard InChI is InChI=1S/C25H24N4OS2/c1-19-12-14-22(15-13-19)31-17-23-27-28-25(29(23)21-10-6-3-7-11-21)32-18-24(30)26-16-20-8-4-2-5-9-20/h2-15H,16-18H2,1H3,(H,26,30). The highest BCUT2D eigenvalue weighted by molar-refractivity contribution is 7.99. The first kappa shape index (κ1) is 22.2. The summed E-state index contributed by atoms with van der Waals surface area (Å²) in [5.41, 5.74) is 3.31. The van der Waals surface area contributed by atoms with Crippen LogP contribution in [0.4, 0.5) is 0 Å². The topological polar surface area (TPSA) is 59.8 Å². The molecule has 3 aromatic carbocycles. The highest BCUT2D eigenvalue weighted by Crippen LogP contribution is 2.27. The van der Waals surface area contributed by atoms with Crippen molar-refractivity contribution in [3.05, 3.63) is 102 Å². The van der Waals surface area contributed by atoms with Gasteiger partial charge in [-0.2, -0.15) is 0 Å². The van der Waals surface area contributed by atoms with Gasteiger partial charge in [0.25, 0.3) is 0 Å². The summed E-state index contributed by atoms with van der Waals surface area (Å²) in [5, 5.41) is 12.5. The van der Waals surface area contributed by atoms with Gasteiger partial charge in [0.2, 0.25) is 5.91 Å². The number of rotatable bonds is 9. The monoisotopic (exact) mass is 460 g/mol. The Labute approximate surface area is 196 Å². The van der Waals surface area contributed by atoms with E-state index in [-0.39, 0.29) is 11.7 Å². The number of benzene rings is 3. The molecule has 32 heavy (non-hydrogen) atoms. The van der Waals surface area contributed by atoms with E-state index in [1.807, 2.05) is 65.2 Å². The van der Waals surface area contributed by atoms with E-state index in [0.717, 1.165) is 17.1 Å². The van der Waals surface area contributed by atoms with Crippen LogP contribution in [0.25, 0.3) is 5.69 Å². The number of carbonyl (C=O) groups is 1. The summed E-state index contributed by atoms with van der Waals surface area (Å²) in [4.78, 5) is 13.6. The van der Waals surface area contributed by atoms with E-state index < -0.39 is 0 Å². The Morgan fingerprint density at radius 2 is 1.56 bits per heavy atom. The molecule has 0 aliphatic rings. The summed E-state index contributed by atoms with van der Waals surface area (Å²) in [7, 11) is 0. The molecule has 1 heterocycles. The van der Waals surface area contributed by atoms with Gasteiger partial charge in [-0.25, -0.2) is 0 Å². The zero-order valence-corrected chi connectivity index (χ0v) is 19.4. The van der Waals surface area contributed by atoms with Gasteiger partial charge < -0.3 is 5.32 Å². The van der Waals surface area contributed by atoms with Crippen molar-refractivity contribution in [2.45, 2.75) is 29.3 Å². The van der Waals surface area contributed by atoms with E-state index in [9.17, 15) is 4.79 Å². The molecule has 162 valence electrons. The van der Waals surface area contributed by atoms with Gasteiger partial charge in [-0.1, -0.05) is 78.0 Å². The van der Waals surface area contributed by atoms with Crippen molar-refractivity contribution in [2.75, 3.05) is 5.75 Å². The molecule has 0 fully saturated rings. The van der Waals surface area contributed by atoms with E-state index in [1.54, 1.807) is 11.8 Å². The first-order valence-electron chi connectivity index (χ1n) is 10.3. The van der Waals surface area contributed by atoms with Crippen LogP contribution in [0.1, 0.15) is 17.0 Å². The average molecular weight is 461 g/mol. The smallest absolute Gasteiger partial charge is 0.230 e. The maximum Gasteiger partial charge on any atom is 0.230 e. The van der Waals surface area contributed by atoms with Gasteiger partial charge in [-0.3, -0.25) is 9.36 Å². The molecule has 0 atom stereocenters. The summed E-state index contributed by atoms with van der Waals surface area (Å²) in [6.07, 6.45) is 0. The van der Waals surface area contributed by atoms with Crippen LogP contribution >= 0.6 is 23.5 Å². The van der Waals surface area contributed by atoms with Gasteiger partial charge in [-0.05, 0) is 36.8 Å². The molecule has 0 aliphatic carbocycles. The second-order valence-corrected chi connectivity index (χ2v) is 9.21. The van der Waals surface area contributed by atoms with E-state index in [4.69, 9.17) is 0 Å². The molecule has 1 N–H and O–H groups in total. The summed E-state index contributed by atoms with van der Waals surface area (Å²) in [6.45, 7) is 2.60. The predicted molar refractivity (Wildman–Crippen MR) is 131 cm³/mol. The predicted octanol–water partition coefficient (Wildman–Crippen LogP) is 5.28. The SMILES string of the molecule is Cc1ccc(SCc2nnc(SCC(=O)NCc3ccccc3)n2-c2ccccc2)cc1. The largest absolute Gasteiger partial charge is 0.351 e. The number of para-hydroxylation sites is 1. The number of aromatic nitrogens is 3. The molecule has 5 nitrogen and oxygen atoms in total. The van der Waals surface area contributed by atoms with Gasteiger partial charge in [0.1, 0.15) is 5.82 Å². The van der Waals surface area contributed by atoms with Crippen molar-refractivity contribution in [3.8, 4) is 5.69 Å². The van der Waals surface area contributed by atoms with Crippen LogP contribution in [-0.4, -0.2) is 26.4 Å². The lowest BCUT2D eigenvalue weighted by molar-refractivity contribution is -0.118. The molecule has 0 bridgehead atoms. The highest BCUT2D eigenvalue weighted by atomic mass is 32.2. The fraction of sp³-hybridized carbons (Fsp3) is 0.160. The number of nitrogens with zero attached hydrogens (tertiary/aromatic N) is 3. The lowest BCUT2D eigenvalue weighted by atomic mass is 10.2. The van der Waals surface area contributed by atoms with Crippen LogP contribution in [0.5, 0.6) is 0 Å². The number of carbonyl (C=O) groups excluding carboxylic acids is 1. The molecule has 4 aromatic rings. The molecule has 0 spiro atoms. The maximum absolute atomic E-state index is 12.4. The molecular formula is C25H24N4OS2. The number of aryl methyl sites for hydroxylation is 1. The Morgan fingerprint density at radius 3 is 2.28 bits per heavy atom. The second kappa shape index (κ2) is 11.0. The lowest BCUT2D eigenvalue weighted by Gasteiger charge is -2.10. The first-order valence-corrected chi connectivity index (χ1v) is 12.3. The number of thioether (sulfide) groups is 2. The quantitative estimate of drug-likeness (QED) is 0.345. The molecule has 7 heteroatoms. The first-order chi connectivity index (χ1) is 15.7. The van der Waals surface area contributed by atoms with Gasteiger partial charge in [-0.15, -0.1) is 22.0 Å². The fourth-order valence-corrected chi connectivity index (χ4v) is 4.70. The molecule has 0 radical (unpaired) electrons.